The Morgan fingerprint density at radius 2 is 1.74 bits per heavy atom. The van der Waals surface area contributed by atoms with Crippen LogP contribution in [0, 0.1) is 0 Å². The fraction of sp³-hybridized carbons (Fsp3) is 0.429. The second kappa shape index (κ2) is 10.1. The van der Waals surface area contributed by atoms with Gasteiger partial charge in [-0.15, -0.1) is 0 Å². The summed E-state index contributed by atoms with van der Waals surface area (Å²) >= 11 is 0. The Labute approximate surface area is 159 Å². The van der Waals surface area contributed by atoms with Crippen molar-refractivity contribution in [1.82, 2.24) is 5.32 Å². The fourth-order valence-corrected chi connectivity index (χ4v) is 2.64. The summed E-state index contributed by atoms with van der Waals surface area (Å²) in [6.45, 7) is 5.89. The lowest BCUT2D eigenvalue weighted by atomic mass is 10.1. The molecule has 0 amide bonds. The second-order valence-corrected chi connectivity index (χ2v) is 6.43. The van der Waals surface area contributed by atoms with E-state index in [1.165, 1.54) is 6.07 Å². The van der Waals surface area contributed by atoms with E-state index in [1.807, 2.05) is 38.1 Å². The third kappa shape index (κ3) is 6.71. The summed E-state index contributed by atoms with van der Waals surface area (Å²) in [6, 6.07) is 13.0. The number of nitrogens with one attached hydrogen (secondary N) is 1. The number of alkyl halides is 2. The number of hydrogen-bond acceptors (Lipinski definition) is 4. The number of hydrogen-bond donors (Lipinski definition) is 1. The van der Waals surface area contributed by atoms with Crippen LogP contribution in [0.2, 0.25) is 0 Å². The Hall–Kier alpha value is -2.34. The number of ether oxygens (including phenoxy) is 3. The molecular weight excluding hydrogens is 352 g/mol. The van der Waals surface area contributed by atoms with Crippen molar-refractivity contribution in [3.8, 4) is 17.2 Å². The van der Waals surface area contributed by atoms with E-state index >= 15 is 0 Å². The first-order chi connectivity index (χ1) is 12.9. The molecule has 2 rings (SSSR count). The maximum atomic E-state index is 12.5. The van der Waals surface area contributed by atoms with Crippen molar-refractivity contribution in [1.29, 1.82) is 0 Å². The van der Waals surface area contributed by atoms with Gasteiger partial charge in [-0.05, 0) is 63.1 Å². The molecule has 0 aliphatic carbocycles. The molecule has 4 nitrogen and oxygen atoms in total. The van der Waals surface area contributed by atoms with E-state index in [4.69, 9.17) is 9.47 Å². The average Bonchev–Trinajstić information content (AvgIpc) is 2.61. The normalized spacial score (nSPS) is 12.3. The topological polar surface area (TPSA) is 39.7 Å². The zero-order chi connectivity index (χ0) is 19.8. The standard InChI is InChI=1S/C21H27F2NO3/c1-5-25-20-11-16(9-10-19(20)27-21(22)23)13-24-15(4)17-7-6-8-18(12-17)26-14(2)3/h6-12,14-15,21,24H,5,13H2,1-4H3. The molecule has 1 N–H and O–H groups in total. The minimum Gasteiger partial charge on any atom is -0.491 e. The van der Waals surface area contributed by atoms with E-state index in [1.54, 1.807) is 19.1 Å². The highest BCUT2D eigenvalue weighted by Gasteiger charge is 2.12. The maximum Gasteiger partial charge on any atom is 0.387 e. The predicted molar refractivity (Wildman–Crippen MR) is 102 cm³/mol. The molecule has 1 unspecified atom stereocenters. The summed E-state index contributed by atoms with van der Waals surface area (Å²) in [5.74, 6) is 1.20. The van der Waals surface area contributed by atoms with Crippen LogP contribution in [0.15, 0.2) is 42.5 Å². The lowest BCUT2D eigenvalue weighted by molar-refractivity contribution is -0.0514. The predicted octanol–water partition coefficient (Wildman–Crippen LogP) is 5.32. The van der Waals surface area contributed by atoms with Crippen LogP contribution < -0.4 is 19.5 Å². The molecule has 0 saturated carbocycles. The summed E-state index contributed by atoms with van der Waals surface area (Å²) in [6.07, 6.45) is 0.120. The van der Waals surface area contributed by atoms with Gasteiger partial charge >= 0.3 is 6.61 Å². The van der Waals surface area contributed by atoms with Crippen molar-refractivity contribution in [2.75, 3.05) is 6.61 Å². The van der Waals surface area contributed by atoms with Crippen LogP contribution in [0.25, 0.3) is 0 Å². The Morgan fingerprint density at radius 1 is 0.963 bits per heavy atom. The Bertz CT molecular complexity index is 722. The van der Waals surface area contributed by atoms with E-state index in [2.05, 4.69) is 17.0 Å². The molecule has 2 aromatic carbocycles. The summed E-state index contributed by atoms with van der Waals surface area (Å²) in [4.78, 5) is 0. The van der Waals surface area contributed by atoms with Gasteiger partial charge in [-0.25, -0.2) is 0 Å². The summed E-state index contributed by atoms with van der Waals surface area (Å²) in [5.41, 5.74) is 2.03. The molecule has 27 heavy (non-hydrogen) atoms. The first kappa shape index (κ1) is 21.0. The largest absolute Gasteiger partial charge is 0.491 e. The SMILES string of the molecule is CCOc1cc(CNC(C)c2cccc(OC(C)C)c2)ccc1OC(F)F. The first-order valence-electron chi connectivity index (χ1n) is 9.09. The molecule has 148 valence electrons. The summed E-state index contributed by atoms with van der Waals surface area (Å²) < 4.78 is 40.6. The average molecular weight is 379 g/mol. The summed E-state index contributed by atoms with van der Waals surface area (Å²) in [5, 5.41) is 3.43. The van der Waals surface area contributed by atoms with Gasteiger partial charge in [-0.2, -0.15) is 8.78 Å². The maximum absolute atomic E-state index is 12.5. The van der Waals surface area contributed by atoms with Gasteiger partial charge < -0.3 is 19.5 Å². The van der Waals surface area contributed by atoms with Crippen LogP contribution in [0.3, 0.4) is 0 Å². The molecule has 0 bridgehead atoms. The monoisotopic (exact) mass is 379 g/mol. The molecule has 0 radical (unpaired) electrons. The molecule has 1 atom stereocenters. The Morgan fingerprint density at radius 3 is 2.41 bits per heavy atom. The van der Waals surface area contributed by atoms with Crippen LogP contribution >= 0.6 is 0 Å². The van der Waals surface area contributed by atoms with Crippen LogP contribution in [0.1, 0.15) is 44.9 Å². The molecule has 0 aliphatic heterocycles. The second-order valence-electron chi connectivity index (χ2n) is 6.43. The molecule has 0 saturated heterocycles. The molecule has 0 spiro atoms. The zero-order valence-electron chi connectivity index (χ0n) is 16.2. The van der Waals surface area contributed by atoms with Gasteiger partial charge in [0.15, 0.2) is 11.5 Å². The molecule has 6 heteroatoms. The lowest BCUT2D eigenvalue weighted by Gasteiger charge is -2.17. The van der Waals surface area contributed by atoms with Gasteiger partial charge in [0, 0.05) is 12.6 Å². The number of benzene rings is 2. The van der Waals surface area contributed by atoms with Gasteiger partial charge in [-0.3, -0.25) is 0 Å². The van der Waals surface area contributed by atoms with E-state index < -0.39 is 6.61 Å². The molecule has 0 heterocycles. The van der Waals surface area contributed by atoms with Gasteiger partial charge in [-0.1, -0.05) is 18.2 Å². The van der Waals surface area contributed by atoms with Crippen molar-refractivity contribution in [2.45, 2.75) is 53.0 Å². The highest BCUT2D eigenvalue weighted by Crippen LogP contribution is 2.30. The minimum absolute atomic E-state index is 0.0437. The third-order valence-electron chi connectivity index (χ3n) is 3.87. The van der Waals surface area contributed by atoms with E-state index in [9.17, 15) is 8.78 Å². The van der Waals surface area contributed by atoms with E-state index in [-0.39, 0.29) is 17.9 Å². The van der Waals surface area contributed by atoms with Crippen LogP contribution in [-0.4, -0.2) is 19.3 Å². The van der Waals surface area contributed by atoms with Crippen molar-refractivity contribution < 1.29 is 23.0 Å². The fourth-order valence-electron chi connectivity index (χ4n) is 2.64. The summed E-state index contributed by atoms with van der Waals surface area (Å²) in [7, 11) is 0. The number of rotatable bonds is 10. The van der Waals surface area contributed by atoms with E-state index in [0.29, 0.717) is 18.9 Å². The van der Waals surface area contributed by atoms with Crippen molar-refractivity contribution >= 4 is 0 Å². The molecule has 0 aliphatic rings. The zero-order valence-corrected chi connectivity index (χ0v) is 16.2. The molecule has 2 aromatic rings. The smallest absolute Gasteiger partial charge is 0.387 e. The van der Waals surface area contributed by atoms with Crippen LogP contribution in [0.5, 0.6) is 17.2 Å². The highest BCUT2D eigenvalue weighted by atomic mass is 19.3. The van der Waals surface area contributed by atoms with Crippen LogP contribution in [-0.2, 0) is 6.54 Å². The van der Waals surface area contributed by atoms with Crippen molar-refractivity contribution in [3.63, 3.8) is 0 Å². The lowest BCUT2D eigenvalue weighted by Crippen LogP contribution is -2.18. The molecule has 0 aromatic heterocycles. The van der Waals surface area contributed by atoms with Crippen molar-refractivity contribution in [3.05, 3.63) is 53.6 Å². The minimum atomic E-state index is -2.88. The Kier molecular flexibility index (Phi) is 7.85. The number of halogens is 2. The van der Waals surface area contributed by atoms with Crippen molar-refractivity contribution in [2.24, 2.45) is 0 Å². The van der Waals surface area contributed by atoms with E-state index in [0.717, 1.165) is 16.9 Å². The third-order valence-corrected chi connectivity index (χ3v) is 3.87. The highest BCUT2D eigenvalue weighted by molar-refractivity contribution is 5.43. The van der Waals surface area contributed by atoms with Gasteiger partial charge in [0.05, 0.1) is 12.7 Å². The molecular formula is C21H27F2NO3. The Balaban J connectivity index is 2.03. The van der Waals surface area contributed by atoms with Gasteiger partial charge in [0.25, 0.3) is 0 Å². The van der Waals surface area contributed by atoms with Crippen LogP contribution in [0.4, 0.5) is 8.78 Å². The molecule has 0 fully saturated rings. The van der Waals surface area contributed by atoms with Gasteiger partial charge in [0.1, 0.15) is 5.75 Å². The first-order valence-corrected chi connectivity index (χ1v) is 9.09. The quantitative estimate of drug-likeness (QED) is 0.606. The van der Waals surface area contributed by atoms with Gasteiger partial charge in [0.2, 0.25) is 0 Å².